The van der Waals surface area contributed by atoms with Crippen LogP contribution in [0.2, 0.25) is 0 Å². The van der Waals surface area contributed by atoms with Crippen LogP contribution in [0.3, 0.4) is 0 Å². The van der Waals surface area contributed by atoms with Gasteiger partial charge in [0.15, 0.2) is 0 Å². The minimum atomic E-state index is -0.316. The van der Waals surface area contributed by atoms with E-state index in [0.717, 1.165) is 30.6 Å². The molecule has 0 bridgehead atoms. The first kappa shape index (κ1) is 13.4. The van der Waals surface area contributed by atoms with Crippen LogP contribution >= 0.6 is 0 Å². The molecule has 1 aliphatic rings. The van der Waals surface area contributed by atoms with Crippen molar-refractivity contribution in [2.75, 3.05) is 7.05 Å². The van der Waals surface area contributed by atoms with Crippen LogP contribution in [0.1, 0.15) is 43.4 Å². The molecule has 100 valence electrons. The molecule has 1 aromatic carbocycles. The van der Waals surface area contributed by atoms with E-state index in [1.807, 2.05) is 13.1 Å². The maximum absolute atomic E-state index is 9.85. The van der Waals surface area contributed by atoms with Crippen LogP contribution in [0.5, 0.6) is 5.75 Å². The van der Waals surface area contributed by atoms with Crippen molar-refractivity contribution in [3.8, 4) is 5.75 Å². The van der Waals surface area contributed by atoms with Crippen LogP contribution in [0.25, 0.3) is 0 Å². The zero-order valence-corrected chi connectivity index (χ0v) is 11.4. The number of hydrogen-bond donors (Lipinski definition) is 2. The molecule has 1 fully saturated rings. The number of aliphatic hydroxyl groups is 1. The summed E-state index contributed by atoms with van der Waals surface area (Å²) in [6.45, 7) is 4.20. The standard InChI is InChI=1S/C15H23NO2/c1-10-7-8-14(12(9-10)11(2)16-3)18-15-6-4-5-13(15)17/h7-9,11,13,15-17H,4-6H2,1-3H3. The van der Waals surface area contributed by atoms with Gasteiger partial charge in [-0.05, 0) is 46.2 Å². The number of nitrogens with one attached hydrogen (secondary N) is 1. The van der Waals surface area contributed by atoms with Crippen molar-refractivity contribution >= 4 is 0 Å². The molecule has 1 saturated carbocycles. The first-order chi connectivity index (χ1) is 8.61. The topological polar surface area (TPSA) is 41.5 Å². The van der Waals surface area contributed by atoms with Gasteiger partial charge >= 0.3 is 0 Å². The van der Waals surface area contributed by atoms with E-state index in [1.165, 1.54) is 5.56 Å². The Bertz CT molecular complexity index is 405. The van der Waals surface area contributed by atoms with Gasteiger partial charge in [0.05, 0.1) is 6.10 Å². The Morgan fingerprint density at radius 2 is 2.17 bits per heavy atom. The molecule has 0 spiro atoms. The third-order valence-corrected chi connectivity index (χ3v) is 3.76. The molecule has 0 heterocycles. The zero-order chi connectivity index (χ0) is 13.1. The first-order valence-corrected chi connectivity index (χ1v) is 6.74. The number of rotatable bonds is 4. The van der Waals surface area contributed by atoms with Crippen LogP contribution in [0.4, 0.5) is 0 Å². The van der Waals surface area contributed by atoms with Crippen LogP contribution in [0, 0.1) is 6.92 Å². The molecule has 2 rings (SSSR count). The van der Waals surface area contributed by atoms with E-state index in [4.69, 9.17) is 4.74 Å². The molecule has 0 radical (unpaired) electrons. The molecule has 0 aromatic heterocycles. The van der Waals surface area contributed by atoms with Gasteiger partial charge in [0.25, 0.3) is 0 Å². The number of ether oxygens (including phenoxy) is 1. The Balaban J connectivity index is 2.20. The summed E-state index contributed by atoms with van der Waals surface area (Å²) in [4.78, 5) is 0. The molecule has 3 heteroatoms. The Labute approximate surface area is 109 Å². The van der Waals surface area contributed by atoms with E-state index in [9.17, 15) is 5.11 Å². The molecule has 0 saturated heterocycles. The summed E-state index contributed by atoms with van der Waals surface area (Å²) in [5.41, 5.74) is 2.39. The molecule has 3 nitrogen and oxygen atoms in total. The van der Waals surface area contributed by atoms with Crippen molar-refractivity contribution in [2.24, 2.45) is 0 Å². The second-order valence-electron chi connectivity index (χ2n) is 5.21. The lowest BCUT2D eigenvalue weighted by atomic mass is 10.0. The lowest BCUT2D eigenvalue weighted by Gasteiger charge is -2.22. The number of hydrogen-bond acceptors (Lipinski definition) is 3. The fraction of sp³-hybridized carbons (Fsp3) is 0.600. The second-order valence-corrected chi connectivity index (χ2v) is 5.21. The zero-order valence-electron chi connectivity index (χ0n) is 11.4. The lowest BCUT2D eigenvalue weighted by Crippen LogP contribution is -2.26. The summed E-state index contributed by atoms with van der Waals surface area (Å²) in [5, 5.41) is 13.1. The van der Waals surface area contributed by atoms with Crippen molar-refractivity contribution in [2.45, 2.75) is 51.4 Å². The molecular weight excluding hydrogens is 226 g/mol. The van der Waals surface area contributed by atoms with Crippen molar-refractivity contribution in [1.82, 2.24) is 5.32 Å². The Hall–Kier alpha value is -1.06. The Morgan fingerprint density at radius 1 is 1.39 bits per heavy atom. The number of aliphatic hydroxyl groups excluding tert-OH is 1. The predicted molar refractivity (Wildman–Crippen MR) is 72.9 cm³/mol. The van der Waals surface area contributed by atoms with Gasteiger partial charge < -0.3 is 15.2 Å². The van der Waals surface area contributed by atoms with Crippen molar-refractivity contribution in [3.63, 3.8) is 0 Å². The Morgan fingerprint density at radius 3 is 2.78 bits per heavy atom. The van der Waals surface area contributed by atoms with E-state index < -0.39 is 0 Å². The van der Waals surface area contributed by atoms with Crippen molar-refractivity contribution < 1.29 is 9.84 Å². The fourth-order valence-electron chi connectivity index (χ4n) is 2.48. The van der Waals surface area contributed by atoms with Crippen LogP contribution in [-0.2, 0) is 0 Å². The van der Waals surface area contributed by atoms with E-state index in [0.29, 0.717) is 0 Å². The van der Waals surface area contributed by atoms with E-state index in [-0.39, 0.29) is 18.2 Å². The normalized spacial score (nSPS) is 25.1. The fourth-order valence-corrected chi connectivity index (χ4v) is 2.48. The van der Waals surface area contributed by atoms with Gasteiger partial charge in [-0.25, -0.2) is 0 Å². The molecule has 3 unspecified atom stereocenters. The average Bonchev–Trinajstić information content (AvgIpc) is 2.76. The molecule has 18 heavy (non-hydrogen) atoms. The number of aryl methyl sites for hydroxylation is 1. The van der Waals surface area contributed by atoms with Gasteiger partial charge in [0, 0.05) is 11.6 Å². The third-order valence-electron chi connectivity index (χ3n) is 3.76. The summed E-state index contributed by atoms with van der Waals surface area (Å²) >= 11 is 0. The quantitative estimate of drug-likeness (QED) is 0.861. The van der Waals surface area contributed by atoms with Crippen LogP contribution in [-0.4, -0.2) is 24.4 Å². The van der Waals surface area contributed by atoms with E-state index in [2.05, 4.69) is 31.3 Å². The van der Waals surface area contributed by atoms with Gasteiger partial charge in [-0.3, -0.25) is 0 Å². The summed E-state index contributed by atoms with van der Waals surface area (Å²) in [7, 11) is 1.95. The molecule has 2 N–H and O–H groups in total. The minimum absolute atomic E-state index is 0.0458. The Kier molecular flexibility index (Phi) is 4.25. The molecule has 0 amide bonds. The first-order valence-electron chi connectivity index (χ1n) is 6.74. The van der Waals surface area contributed by atoms with E-state index >= 15 is 0 Å². The summed E-state index contributed by atoms with van der Waals surface area (Å²) in [6, 6.07) is 6.47. The lowest BCUT2D eigenvalue weighted by molar-refractivity contribution is 0.0595. The largest absolute Gasteiger partial charge is 0.487 e. The molecule has 0 aliphatic heterocycles. The molecule has 1 aliphatic carbocycles. The van der Waals surface area contributed by atoms with Gasteiger partial charge in [0.2, 0.25) is 0 Å². The smallest absolute Gasteiger partial charge is 0.124 e. The minimum Gasteiger partial charge on any atom is -0.487 e. The van der Waals surface area contributed by atoms with Crippen molar-refractivity contribution in [1.29, 1.82) is 0 Å². The summed E-state index contributed by atoms with van der Waals surface area (Å²) in [6.07, 6.45) is 2.49. The highest BCUT2D eigenvalue weighted by molar-refractivity contribution is 5.39. The maximum Gasteiger partial charge on any atom is 0.124 e. The average molecular weight is 249 g/mol. The second kappa shape index (κ2) is 5.72. The van der Waals surface area contributed by atoms with Crippen molar-refractivity contribution in [3.05, 3.63) is 29.3 Å². The SMILES string of the molecule is CNC(C)c1cc(C)ccc1OC1CCCC1O. The summed E-state index contributed by atoms with van der Waals surface area (Å²) in [5.74, 6) is 0.897. The predicted octanol–water partition coefficient (Wildman–Crippen LogP) is 2.57. The highest BCUT2D eigenvalue weighted by Gasteiger charge is 2.27. The maximum atomic E-state index is 9.85. The molecule has 3 atom stereocenters. The van der Waals surface area contributed by atoms with Gasteiger partial charge in [0.1, 0.15) is 11.9 Å². The van der Waals surface area contributed by atoms with Gasteiger partial charge in [-0.2, -0.15) is 0 Å². The third kappa shape index (κ3) is 2.85. The highest BCUT2D eigenvalue weighted by atomic mass is 16.5. The summed E-state index contributed by atoms with van der Waals surface area (Å²) < 4.78 is 6.01. The van der Waals surface area contributed by atoms with Crippen LogP contribution in [0.15, 0.2) is 18.2 Å². The van der Waals surface area contributed by atoms with Crippen LogP contribution < -0.4 is 10.1 Å². The van der Waals surface area contributed by atoms with Gasteiger partial charge in [-0.1, -0.05) is 17.7 Å². The van der Waals surface area contributed by atoms with E-state index in [1.54, 1.807) is 0 Å². The molecule has 1 aromatic rings. The van der Waals surface area contributed by atoms with Gasteiger partial charge in [-0.15, -0.1) is 0 Å². The highest BCUT2D eigenvalue weighted by Crippen LogP contribution is 2.30. The molecular formula is C15H23NO2. The number of benzene rings is 1. The monoisotopic (exact) mass is 249 g/mol.